The van der Waals surface area contributed by atoms with Crippen molar-refractivity contribution in [1.82, 2.24) is 0 Å². The first-order valence-corrected chi connectivity index (χ1v) is 4.41. The molecule has 0 nitrogen and oxygen atoms in total. The van der Waals surface area contributed by atoms with Crippen molar-refractivity contribution in [2.24, 2.45) is 0 Å². The Kier molecular flexibility index (Phi) is 4.22. The molecule has 0 saturated carbocycles. The van der Waals surface area contributed by atoms with E-state index in [4.69, 9.17) is 11.6 Å². The van der Waals surface area contributed by atoms with Crippen LogP contribution in [0.15, 0.2) is 0 Å². The summed E-state index contributed by atoms with van der Waals surface area (Å²) in [6.45, 7) is 4.26. The van der Waals surface area contributed by atoms with E-state index in [1.165, 1.54) is 22.7 Å². The molecule has 0 saturated heterocycles. The molecular formula is C5H12AlCl. The van der Waals surface area contributed by atoms with Gasteiger partial charge in [0.05, 0.1) is 0 Å². The summed E-state index contributed by atoms with van der Waals surface area (Å²) in [7, 11) is 0. The summed E-state index contributed by atoms with van der Waals surface area (Å²) in [6.07, 6.45) is 1.25. The topological polar surface area (TPSA) is 0 Å². The molecule has 0 aromatic heterocycles. The van der Waals surface area contributed by atoms with Gasteiger partial charge in [-0.1, -0.05) is 18.1 Å². The molecule has 0 radical (unpaired) electrons. The maximum Gasteiger partial charge on any atom is 0.218 e. The lowest BCUT2D eigenvalue weighted by molar-refractivity contribution is 0.776. The lowest BCUT2D eigenvalue weighted by Gasteiger charge is -2.08. The van der Waals surface area contributed by atoms with Gasteiger partial charge in [-0.25, -0.2) is 0 Å². The summed E-state index contributed by atoms with van der Waals surface area (Å²) >= 11 is 7.01. The minimum Gasteiger partial charge on any atom is -0.124 e. The minimum absolute atomic E-state index is 0.400. The summed E-state index contributed by atoms with van der Waals surface area (Å²) < 4.78 is 0.807. The van der Waals surface area contributed by atoms with Gasteiger partial charge in [-0.2, -0.15) is 0 Å². The molecule has 2 unspecified atom stereocenters. The zero-order chi connectivity index (χ0) is 5.86. The van der Waals surface area contributed by atoms with Crippen LogP contribution < -0.4 is 0 Å². The number of hydrogen-bond donors (Lipinski definition) is 0. The molecule has 0 fully saturated rings. The third-order valence-electron chi connectivity index (χ3n) is 1.43. The third kappa shape index (κ3) is 3.41. The van der Waals surface area contributed by atoms with Crippen LogP contribution in [0.2, 0.25) is 4.78 Å². The molecule has 7 heavy (non-hydrogen) atoms. The standard InChI is InChI=1S/C5H10Cl.Al.2H/c1-3-4-5(2)6;;;/h4-5H,3H2,1-2H3;;;. The van der Waals surface area contributed by atoms with Crippen molar-refractivity contribution >= 4 is 27.9 Å². The van der Waals surface area contributed by atoms with Gasteiger partial charge in [-0.05, 0) is 6.92 Å². The fourth-order valence-corrected chi connectivity index (χ4v) is 0.503. The second-order valence-corrected chi connectivity index (χ2v) is 4.23. The van der Waals surface area contributed by atoms with Gasteiger partial charge in [0.15, 0.2) is 0 Å². The predicted octanol–water partition coefficient (Wildman–Crippen LogP) is 1.45. The van der Waals surface area contributed by atoms with Crippen LogP contribution in [0.4, 0.5) is 0 Å². The summed E-state index contributed by atoms with van der Waals surface area (Å²) in [4.78, 5) is 0. The van der Waals surface area contributed by atoms with Crippen LogP contribution >= 0.6 is 11.6 Å². The van der Waals surface area contributed by atoms with E-state index < -0.39 is 0 Å². The fraction of sp³-hybridized carbons (Fsp3) is 1.00. The number of alkyl halides is 1. The van der Waals surface area contributed by atoms with Crippen molar-refractivity contribution in [3.63, 3.8) is 0 Å². The van der Waals surface area contributed by atoms with Crippen LogP contribution in [0.25, 0.3) is 0 Å². The summed E-state index contributed by atoms with van der Waals surface area (Å²) in [6, 6.07) is 0. The van der Waals surface area contributed by atoms with Crippen molar-refractivity contribution in [2.75, 3.05) is 0 Å². The van der Waals surface area contributed by atoms with Crippen molar-refractivity contribution < 1.29 is 0 Å². The first-order chi connectivity index (χ1) is 3.18. The molecule has 0 amide bonds. The Hall–Kier alpha value is 0.822. The first-order valence-electron chi connectivity index (χ1n) is 2.82. The number of hydrogen-bond acceptors (Lipinski definition) is 0. The molecule has 0 aliphatic heterocycles. The molecule has 0 aliphatic rings. The van der Waals surface area contributed by atoms with Gasteiger partial charge in [0.1, 0.15) is 0 Å². The van der Waals surface area contributed by atoms with Gasteiger partial charge >= 0.3 is 0 Å². The normalized spacial score (nSPS) is 18.7. The Morgan fingerprint density at radius 1 is 1.71 bits per heavy atom. The highest BCUT2D eigenvalue weighted by Gasteiger charge is 2.03. The van der Waals surface area contributed by atoms with E-state index in [2.05, 4.69) is 13.8 Å². The van der Waals surface area contributed by atoms with Crippen LogP contribution in [0.1, 0.15) is 20.3 Å². The maximum atomic E-state index is 5.76. The number of halogens is 1. The summed E-state index contributed by atoms with van der Waals surface area (Å²) in [5.74, 6) is 0. The van der Waals surface area contributed by atoms with Crippen LogP contribution in [0.3, 0.4) is 0 Å². The average molecular weight is 135 g/mol. The van der Waals surface area contributed by atoms with Crippen LogP contribution in [-0.4, -0.2) is 21.7 Å². The smallest absolute Gasteiger partial charge is 0.124 e. The highest BCUT2D eigenvalue weighted by atomic mass is 35.5. The van der Waals surface area contributed by atoms with Crippen LogP contribution in [0, 0.1) is 0 Å². The lowest BCUT2D eigenvalue weighted by Crippen LogP contribution is -2.01. The largest absolute Gasteiger partial charge is 0.218 e. The van der Waals surface area contributed by atoms with Crippen molar-refractivity contribution in [3.05, 3.63) is 0 Å². The monoisotopic (exact) mass is 134 g/mol. The molecule has 0 rings (SSSR count). The first kappa shape index (κ1) is 7.82. The van der Waals surface area contributed by atoms with Crippen LogP contribution in [0.5, 0.6) is 0 Å². The van der Waals surface area contributed by atoms with Gasteiger partial charge in [-0.3, -0.25) is 0 Å². The Morgan fingerprint density at radius 2 is 2.14 bits per heavy atom. The van der Waals surface area contributed by atoms with E-state index in [-0.39, 0.29) is 0 Å². The highest BCUT2D eigenvalue weighted by Crippen LogP contribution is 2.15. The molecule has 2 heteroatoms. The second kappa shape index (κ2) is 3.78. The Morgan fingerprint density at radius 3 is 2.14 bits per heavy atom. The van der Waals surface area contributed by atoms with Gasteiger partial charge < -0.3 is 0 Å². The van der Waals surface area contributed by atoms with E-state index in [1.807, 2.05) is 0 Å². The summed E-state index contributed by atoms with van der Waals surface area (Å²) in [5, 5.41) is 0.400. The minimum atomic E-state index is 0.400. The molecule has 0 aliphatic carbocycles. The van der Waals surface area contributed by atoms with E-state index in [9.17, 15) is 0 Å². The van der Waals surface area contributed by atoms with E-state index in [1.54, 1.807) is 0 Å². The van der Waals surface area contributed by atoms with Gasteiger partial charge in [0.25, 0.3) is 0 Å². The van der Waals surface area contributed by atoms with Gasteiger partial charge in [-0.15, -0.1) is 11.6 Å². The maximum absolute atomic E-state index is 5.76. The summed E-state index contributed by atoms with van der Waals surface area (Å²) in [5.41, 5.74) is 0. The molecular weight excluding hydrogens is 122 g/mol. The average Bonchev–Trinajstić information content (AvgIpc) is 1.65. The van der Waals surface area contributed by atoms with E-state index in [0.717, 1.165) is 4.78 Å². The Labute approximate surface area is 58.7 Å². The molecule has 0 aromatic carbocycles. The Balaban J connectivity index is 3.14. The van der Waals surface area contributed by atoms with Gasteiger partial charge in [0, 0.05) is 5.38 Å². The van der Waals surface area contributed by atoms with Gasteiger partial charge in [0.2, 0.25) is 16.3 Å². The zero-order valence-electron chi connectivity index (χ0n) is 5.24. The fourth-order valence-electron chi connectivity index (χ4n) is 0.325. The van der Waals surface area contributed by atoms with Crippen molar-refractivity contribution in [1.29, 1.82) is 0 Å². The number of rotatable bonds is 2. The SMILES string of the molecule is CC[CH]([AlH2])C(C)Cl. The molecule has 42 valence electrons. The molecule has 0 heterocycles. The molecule has 0 bridgehead atoms. The third-order valence-corrected chi connectivity index (χ3v) is 4.10. The van der Waals surface area contributed by atoms with E-state index in [0.29, 0.717) is 5.38 Å². The van der Waals surface area contributed by atoms with E-state index >= 15 is 0 Å². The highest BCUT2D eigenvalue weighted by molar-refractivity contribution is 6.26. The molecule has 0 N–H and O–H groups in total. The quantitative estimate of drug-likeness (QED) is 0.396. The van der Waals surface area contributed by atoms with Crippen molar-refractivity contribution in [2.45, 2.75) is 30.4 Å². The predicted molar refractivity (Wildman–Crippen MR) is 37.9 cm³/mol. The molecule has 2 atom stereocenters. The Bertz CT molecular complexity index is 45.3. The zero-order valence-corrected chi connectivity index (χ0v) is 8.00. The lowest BCUT2D eigenvalue weighted by atomic mass is 10.2. The van der Waals surface area contributed by atoms with Crippen molar-refractivity contribution in [3.8, 4) is 0 Å². The molecule has 0 aromatic rings. The molecule has 0 spiro atoms. The second-order valence-electron chi connectivity index (χ2n) is 2.06. The van der Waals surface area contributed by atoms with Crippen LogP contribution in [-0.2, 0) is 0 Å².